The number of carbonyl (C=O) groups excluding carboxylic acids is 2. The van der Waals surface area contributed by atoms with Gasteiger partial charge < -0.3 is 9.84 Å². The summed E-state index contributed by atoms with van der Waals surface area (Å²) in [6.45, 7) is 1.03. The molecule has 2 amide bonds. The van der Waals surface area contributed by atoms with Crippen LogP contribution in [-0.2, 0) is 19.1 Å². The van der Waals surface area contributed by atoms with Gasteiger partial charge in [-0.3, -0.25) is 19.3 Å². The maximum Gasteiger partial charge on any atom is 0.304 e. The van der Waals surface area contributed by atoms with Crippen molar-refractivity contribution < 1.29 is 24.2 Å². The number of carbonyl (C=O) groups is 3. The van der Waals surface area contributed by atoms with E-state index in [4.69, 9.17) is 9.84 Å². The molecule has 0 saturated carbocycles. The van der Waals surface area contributed by atoms with Crippen molar-refractivity contribution in [3.63, 3.8) is 0 Å². The fraction of sp³-hybridized carbons (Fsp3) is 0.727. The minimum absolute atomic E-state index is 0.0155. The minimum Gasteiger partial charge on any atom is -0.481 e. The molecule has 0 spiro atoms. The lowest BCUT2D eigenvalue weighted by molar-refractivity contribution is -0.147. The molecule has 2 heterocycles. The fourth-order valence-electron chi connectivity index (χ4n) is 2.40. The van der Waals surface area contributed by atoms with Gasteiger partial charge in [-0.15, -0.1) is 0 Å². The van der Waals surface area contributed by atoms with Gasteiger partial charge in [0.2, 0.25) is 11.8 Å². The Hall–Kier alpha value is -1.43. The van der Waals surface area contributed by atoms with Crippen LogP contribution in [0, 0.1) is 5.92 Å². The van der Waals surface area contributed by atoms with E-state index in [9.17, 15) is 14.4 Å². The quantitative estimate of drug-likeness (QED) is 0.704. The summed E-state index contributed by atoms with van der Waals surface area (Å²) in [5.74, 6) is -2.36. The summed E-state index contributed by atoms with van der Waals surface area (Å²) in [6, 6.07) is -0.206. The van der Waals surface area contributed by atoms with Crippen molar-refractivity contribution in [2.75, 3.05) is 13.2 Å². The number of likely N-dealkylation sites (tertiary alicyclic amines) is 1. The van der Waals surface area contributed by atoms with Gasteiger partial charge in [0, 0.05) is 13.0 Å². The zero-order valence-electron chi connectivity index (χ0n) is 9.42. The summed E-state index contributed by atoms with van der Waals surface area (Å²) in [5, 5.41) is 8.67. The summed E-state index contributed by atoms with van der Waals surface area (Å²) in [7, 11) is 0. The maximum absolute atomic E-state index is 11.9. The number of nitrogens with zero attached hydrogens (tertiary/aromatic N) is 1. The minimum atomic E-state index is -1.04. The first kappa shape index (κ1) is 12.0. The Kier molecular flexibility index (Phi) is 3.42. The Balaban J connectivity index is 2.05. The van der Waals surface area contributed by atoms with Gasteiger partial charge in [0.25, 0.3) is 0 Å². The van der Waals surface area contributed by atoms with Crippen LogP contribution in [0.15, 0.2) is 0 Å². The van der Waals surface area contributed by atoms with Crippen LogP contribution in [0.4, 0.5) is 0 Å². The van der Waals surface area contributed by atoms with Crippen LogP contribution in [0.2, 0.25) is 0 Å². The molecule has 2 aliphatic heterocycles. The monoisotopic (exact) mass is 241 g/mol. The molecule has 17 heavy (non-hydrogen) atoms. The van der Waals surface area contributed by atoms with E-state index >= 15 is 0 Å². The van der Waals surface area contributed by atoms with Crippen molar-refractivity contribution in [1.82, 2.24) is 4.90 Å². The summed E-state index contributed by atoms with van der Waals surface area (Å²) in [6.07, 6.45) is 1.32. The highest BCUT2D eigenvalue weighted by Crippen LogP contribution is 2.27. The molecule has 2 atom stereocenters. The highest BCUT2D eigenvalue weighted by atomic mass is 16.5. The normalized spacial score (nSPS) is 29.8. The van der Waals surface area contributed by atoms with E-state index in [1.54, 1.807) is 0 Å². The molecule has 0 radical (unpaired) electrons. The summed E-state index contributed by atoms with van der Waals surface area (Å²) >= 11 is 0. The third-order valence-electron chi connectivity index (χ3n) is 3.20. The summed E-state index contributed by atoms with van der Waals surface area (Å²) in [5.41, 5.74) is 0. The van der Waals surface area contributed by atoms with E-state index in [2.05, 4.69) is 0 Å². The first-order chi connectivity index (χ1) is 8.09. The van der Waals surface area contributed by atoms with Gasteiger partial charge in [0.15, 0.2) is 0 Å². The van der Waals surface area contributed by atoms with E-state index in [0.29, 0.717) is 13.2 Å². The molecule has 6 nitrogen and oxygen atoms in total. The third-order valence-corrected chi connectivity index (χ3v) is 3.20. The number of carboxylic acids is 1. The molecule has 0 bridgehead atoms. The molecular formula is C11H15NO5. The van der Waals surface area contributed by atoms with E-state index in [-0.39, 0.29) is 30.7 Å². The zero-order valence-corrected chi connectivity index (χ0v) is 9.42. The molecule has 1 N–H and O–H groups in total. The lowest BCUT2D eigenvalue weighted by Crippen LogP contribution is -2.45. The number of aliphatic carboxylic acids is 1. The molecular weight excluding hydrogens is 226 g/mol. The lowest BCUT2D eigenvalue weighted by atomic mass is 10.0. The molecule has 0 aromatic rings. The first-order valence-electron chi connectivity index (χ1n) is 5.75. The molecule has 6 heteroatoms. The number of amides is 2. The Morgan fingerprint density at radius 2 is 2.24 bits per heavy atom. The van der Waals surface area contributed by atoms with E-state index in [1.807, 2.05) is 0 Å². The summed E-state index contributed by atoms with van der Waals surface area (Å²) in [4.78, 5) is 35.5. The van der Waals surface area contributed by atoms with Crippen LogP contribution >= 0.6 is 0 Å². The number of ether oxygens (including phenoxy) is 1. The molecule has 2 saturated heterocycles. The van der Waals surface area contributed by atoms with Crippen molar-refractivity contribution in [1.29, 1.82) is 0 Å². The molecule has 2 rings (SSSR count). The summed E-state index contributed by atoms with van der Waals surface area (Å²) < 4.78 is 5.25. The Morgan fingerprint density at radius 3 is 2.82 bits per heavy atom. The van der Waals surface area contributed by atoms with Crippen molar-refractivity contribution in [2.45, 2.75) is 31.7 Å². The standard InChI is InChI=1S/C11H15NO5/c13-9-4-7(5-10(14)15)11(16)12(9)8-2-1-3-17-6-8/h7-8H,1-6H2,(H,14,15). The van der Waals surface area contributed by atoms with Crippen molar-refractivity contribution in [2.24, 2.45) is 5.92 Å². The third kappa shape index (κ3) is 2.46. The van der Waals surface area contributed by atoms with Gasteiger partial charge in [-0.1, -0.05) is 0 Å². The van der Waals surface area contributed by atoms with Gasteiger partial charge in [-0.05, 0) is 12.8 Å². The van der Waals surface area contributed by atoms with Crippen LogP contribution < -0.4 is 0 Å². The van der Waals surface area contributed by atoms with Crippen molar-refractivity contribution in [3.8, 4) is 0 Å². The number of hydrogen-bond donors (Lipinski definition) is 1. The van der Waals surface area contributed by atoms with E-state index < -0.39 is 11.9 Å². The SMILES string of the molecule is O=C(O)CC1CC(=O)N(C2CCCOC2)C1=O. The van der Waals surface area contributed by atoms with Crippen LogP contribution in [0.5, 0.6) is 0 Å². The van der Waals surface area contributed by atoms with Crippen LogP contribution in [0.1, 0.15) is 25.7 Å². The van der Waals surface area contributed by atoms with Crippen molar-refractivity contribution >= 4 is 17.8 Å². The average molecular weight is 241 g/mol. The Labute approximate surface area is 98.5 Å². The largest absolute Gasteiger partial charge is 0.481 e. The topological polar surface area (TPSA) is 83.9 Å². The van der Waals surface area contributed by atoms with Crippen LogP contribution in [-0.4, -0.2) is 47.0 Å². The molecule has 94 valence electrons. The highest BCUT2D eigenvalue weighted by molar-refractivity contribution is 6.04. The molecule has 0 aliphatic carbocycles. The average Bonchev–Trinajstić information content (AvgIpc) is 2.54. The Bertz CT molecular complexity index is 348. The second kappa shape index (κ2) is 4.83. The molecule has 2 unspecified atom stereocenters. The molecule has 2 fully saturated rings. The van der Waals surface area contributed by atoms with Gasteiger partial charge in [-0.2, -0.15) is 0 Å². The second-order valence-electron chi connectivity index (χ2n) is 4.47. The van der Waals surface area contributed by atoms with Gasteiger partial charge in [0.05, 0.1) is 25.0 Å². The van der Waals surface area contributed by atoms with Crippen LogP contribution in [0.25, 0.3) is 0 Å². The smallest absolute Gasteiger partial charge is 0.304 e. The van der Waals surface area contributed by atoms with E-state index in [1.165, 1.54) is 4.90 Å². The number of hydrogen-bond acceptors (Lipinski definition) is 4. The van der Waals surface area contributed by atoms with E-state index in [0.717, 1.165) is 12.8 Å². The zero-order chi connectivity index (χ0) is 12.4. The number of carboxylic acid groups (broad SMARTS) is 1. The first-order valence-corrected chi connectivity index (χ1v) is 5.75. The maximum atomic E-state index is 11.9. The van der Waals surface area contributed by atoms with Crippen LogP contribution in [0.3, 0.4) is 0 Å². The van der Waals surface area contributed by atoms with Gasteiger partial charge in [0.1, 0.15) is 0 Å². The van der Waals surface area contributed by atoms with Gasteiger partial charge >= 0.3 is 5.97 Å². The highest BCUT2D eigenvalue weighted by Gasteiger charge is 2.43. The lowest BCUT2D eigenvalue weighted by Gasteiger charge is -2.29. The van der Waals surface area contributed by atoms with Crippen molar-refractivity contribution in [3.05, 3.63) is 0 Å². The fourth-order valence-corrected chi connectivity index (χ4v) is 2.40. The number of rotatable bonds is 3. The predicted molar refractivity (Wildman–Crippen MR) is 56.1 cm³/mol. The number of imide groups is 1. The van der Waals surface area contributed by atoms with Gasteiger partial charge in [-0.25, -0.2) is 0 Å². The molecule has 2 aliphatic rings. The molecule has 0 aromatic heterocycles. The Morgan fingerprint density at radius 1 is 1.47 bits per heavy atom. The molecule has 0 aromatic carbocycles. The second-order valence-corrected chi connectivity index (χ2v) is 4.47. The predicted octanol–water partition coefficient (Wildman–Crippen LogP) is 0.0152.